The number of thiocarbonyl (C=S) groups is 1. The van der Waals surface area contributed by atoms with Crippen molar-refractivity contribution in [3.05, 3.63) is 22.3 Å². The Kier molecular flexibility index (Phi) is 6.52. The zero-order chi connectivity index (χ0) is 13.5. The summed E-state index contributed by atoms with van der Waals surface area (Å²) in [6.07, 6.45) is 2.47. The Labute approximate surface area is 122 Å². The van der Waals surface area contributed by atoms with E-state index in [1.807, 2.05) is 13.0 Å². The van der Waals surface area contributed by atoms with Crippen molar-refractivity contribution in [2.75, 3.05) is 31.7 Å². The van der Waals surface area contributed by atoms with E-state index in [2.05, 4.69) is 25.8 Å². The molecule has 0 aliphatic heterocycles. The predicted octanol–water partition coefficient (Wildman–Crippen LogP) is 2.28. The zero-order valence-corrected chi connectivity index (χ0v) is 13.1. The van der Waals surface area contributed by atoms with Gasteiger partial charge in [0.05, 0.1) is 16.1 Å². The molecule has 0 radical (unpaired) electrons. The van der Waals surface area contributed by atoms with Gasteiger partial charge in [0.2, 0.25) is 0 Å². The topological polar surface area (TPSA) is 51.4 Å². The van der Waals surface area contributed by atoms with E-state index in [1.54, 1.807) is 13.3 Å². The standard InChI is InChI=1S/C12H18BrN3OS/c1-9-3-5-15-12(11(9)13)16(7-8-17-2)6-4-10(14)18/h3,5H,4,6-8H2,1-2H3,(H2,14,18). The Morgan fingerprint density at radius 1 is 1.56 bits per heavy atom. The number of aryl methyl sites for hydroxylation is 1. The van der Waals surface area contributed by atoms with Crippen LogP contribution in [-0.4, -0.2) is 36.8 Å². The summed E-state index contributed by atoms with van der Waals surface area (Å²) in [5.41, 5.74) is 6.71. The maximum absolute atomic E-state index is 5.56. The highest BCUT2D eigenvalue weighted by Gasteiger charge is 2.13. The van der Waals surface area contributed by atoms with Gasteiger partial charge in [-0.3, -0.25) is 0 Å². The van der Waals surface area contributed by atoms with Crippen molar-refractivity contribution in [3.63, 3.8) is 0 Å². The average Bonchev–Trinajstić information content (AvgIpc) is 2.33. The second-order valence-electron chi connectivity index (χ2n) is 3.96. The molecule has 0 bridgehead atoms. The van der Waals surface area contributed by atoms with Gasteiger partial charge < -0.3 is 15.4 Å². The highest BCUT2D eigenvalue weighted by molar-refractivity contribution is 9.10. The molecule has 0 fully saturated rings. The molecule has 0 aromatic carbocycles. The van der Waals surface area contributed by atoms with Gasteiger partial charge in [0.25, 0.3) is 0 Å². The molecule has 1 aromatic heterocycles. The Balaban J connectivity index is 2.86. The molecule has 0 saturated heterocycles. The number of methoxy groups -OCH3 is 1. The molecule has 1 rings (SSSR count). The fourth-order valence-electron chi connectivity index (χ4n) is 1.52. The molecule has 0 aliphatic carbocycles. The minimum Gasteiger partial charge on any atom is -0.393 e. The van der Waals surface area contributed by atoms with E-state index in [1.165, 1.54) is 0 Å². The Bertz CT molecular complexity index is 414. The molecule has 2 N–H and O–H groups in total. The van der Waals surface area contributed by atoms with Gasteiger partial charge in [0.1, 0.15) is 5.82 Å². The van der Waals surface area contributed by atoms with E-state index in [9.17, 15) is 0 Å². The summed E-state index contributed by atoms with van der Waals surface area (Å²) in [6, 6.07) is 1.97. The van der Waals surface area contributed by atoms with E-state index >= 15 is 0 Å². The summed E-state index contributed by atoms with van der Waals surface area (Å²) in [5.74, 6) is 0.906. The Hall–Kier alpha value is -0.720. The number of hydrogen-bond acceptors (Lipinski definition) is 4. The van der Waals surface area contributed by atoms with Crippen LogP contribution in [0.25, 0.3) is 0 Å². The van der Waals surface area contributed by atoms with Crippen LogP contribution in [0.3, 0.4) is 0 Å². The van der Waals surface area contributed by atoms with Gasteiger partial charge >= 0.3 is 0 Å². The Morgan fingerprint density at radius 2 is 2.28 bits per heavy atom. The molecule has 6 heteroatoms. The molecule has 0 aliphatic rings. The first-order valence-electron chi connectivity index (χ1n) is 5.69. The quantitative estimate of drug-likeness (QED) is 0.777. The second-order valence-corrected chi connectivity index (χ2v) is 5.28. The van der Waals surface area contributed by atoms with Crippen molar-refractivity contribution in [1.82, 2.24) is 4.98 Å². The van der Waals surface area contributed by atoms with E-state index in [0.29, 0.717) is 18.0 Å². The van der Waals surface area contributed by atoms with Crippen molar-refractivity contribution >= 4 is 39.0 Å². The summed E-state index contributed by atoms with van der Waals surface area (Å²) in [5, 5.41) is 0. The van der Waals surface area contributed by atoms with Crippen LogP contribution in [0.1, 0.15) is 12.0 Å². The first-order valence-corrected chi connectivity index (χ1v) is 6.89. The number of hydrogen-bond donors (Lipinski definition) is 1. The first kappa shape index (κ1) is 15.3. The Morgan fingerprint density at radius 3 is 2.89 bits per heavy atom. The van der Waals surface area contributed by atoms with E-state index < -0.39 is 0 Å². The van der Waals surface area contributed by atoms with Crippen molar-refractivity contribution in [1.29, 1.82) is 0 Å². The monoisotopic (exact) mass is 331 g/mol. The molecule has 0 unspecified atom stereocenters. The molecule has 0 atom stereocenters. The van der Waals surface area contributed by atoms with E-state index in [-0.39, 0.29) is 0 Å². The maximum Gasteiger partial charge on any atom is 0.143 e. The number of aromatic nitrogens is 1. The minimum atomic E-state index is 0.515. The summed E-state index contributed by atoms with van der Waals surface area (Å²) in [4.78, 5) is 7.05. The van der Waals surface area contributed by atoms with Crippen molar-refractivity contribution in [3.8, 4) is 0 Å². The third-order valence-corrected chi connectivity index (χ3v) is 3.74. The van der Waals surface area contributed by atoms with Crippen LogP contribution < -0.4 is 10.6 Å². The van der Waals surface area contributed by atoms with Gasteiger partial charge in [-0.1, -0.05) is 12.2 Å². The molecule has 1 heterocycles. The summed E-state index contributed by atoms with van der Waals surface area (Å²) in [7, 11) is 1.68. The van der Waals surface area contributed by atoms with Crippen LogP contribution in [0.15, 0.2) is 16.7 Å². The van der Waals surface area contributed by atoms with Gasteiger partial charge in [0, 0.05) is 32.8 Å². The lowest BCUT2D eigenvalue weighted by molar-refractivity contribution is 0.205. The molecule has 0 saturated carbocycles. The number of pyridine rings is 1. The third-order valence-electron chi connectivity index (χ3n) is 2.56. The van der Waals surface area contributed by atoms with E-state index in [4.69, 9.17) is 22.7 Å². The first-order chi connectivity index (χ1) is 8.56. The summed E-state index contributed by atoms with van der Waals surface area (Å²) < 4.78 is 6.13. The largest absolute Gasteiger partial charge is 0.393 e. The van der Waals surface area contributed by atoms with Gasteiger partial charge in [-0.05, 0) is 34.5 Å². The smallest absolute Gasteiger partial charge is 0.143 e. The van der Waals surface area contributed by atoms with Gasteiger partial charge in [-0.15, -0.1) is 0 Å². The number of nitrogens with zero attached hydrogens (tertiary/aromatic N) is 2. The van der Waals surface area contributed by atoms with Crippen LogP contribution >= 0.6 is 28.1 Å². The molecule has 100 valence electrons. The number of anilines is 1. The lowest BCUT2D eigenvalue weighted by Crippen LogP contribution is -2.31. The highest BCUT2D eigenvalue weighted by Crippen LogP contribution is 2.26. The SMILES string of the molecule is COCCN(CCC(N)=S)c1nccc(C)c1Br. The molecular weight excluding hydrogens is 314 g/mol. The van der Waals surface area contributed by atoms with Crippen molar-refractivity contribution in [2.24, 2.45) is 5.73 Å². The van der Waals surface area contributed by atoms with Gasteiger partial charge in [0.15, 0.2) is 0 Å². The maximum atomic E-state index is 5.56. The molecule has 1 aromatic rings. The fraction of sp³-hybridized carbons (Fsp3) is 0.500. The number of rotatable bonds is 7. The van der Waals surface area contributed by atoms with Crippen LogP contribution in [-0.2, 0) is 4.74 Å². The molecule has 18 heavy (non-hydrogen) atoms. The normalized spacial score (nSPS) is 10.4. The predicted molar refractivity (Wildman–Crippen MR) is 82.2 cm³/mol. The number of nitrogens with two attached hydrogens (primary N) is 1. The van der Waals surface area contributed by atoms with Crippen molar-refractivity contribution < 1.29 is 4.74 Å². The van der Waals surface area contributed by atoms with Crippen LogP contribution in [0.4, 0.5) is 5.82 Å². The van der Waals surface area contributed by atoms with Crippen LogP contribution in [0, 0.1) is 6.92 Å². The average molecular weight is 332 g/mol. The summed E-state index contributed by atoms with van der Waals surface area (Å²) >= 11 is 8.49. The zero-order valence-electron chi connectivity index (χ0n) is 10.6. The fourth-order valence-corrected chi connectivity index (χ4v) is 2.09. The third kappa shape index (κ3) is 4.51. The lowest BCUT2D eigenvalue weighted by Gasteiger charge is -2.24. The van der Waals surface area contributed by atoms with E-state index in [0.717, 1.165) is 28.9 Å². The summed E-state index contributed by atoms with van der Waals surface area (Å²) in [6.45, 7) is 4.18. The molecule has 0 amide bonds. The number of halogens is 1. The molecule has 0 spiro atoms. The minimum absolute atomic E-state index is 0.515. The van der Waals surface area contributed by atoms with Crippen LogP contribution in [0.5, 0.6) is 0 Å². The highest BCUT2D eigenvalue weighted by atomic mass is 79.9. The second kappa shape index (κ2) is 7.66. The van der Waals surface area contributed by atoms with Crippen LogP contribution in [0.2, 0.25) is 0 Å². The lowest BCUT2D eigenvalue weighted by atomic mass is 10.2. The molecular formula is C12H18BrN3OS. The number of ether oxygens (including phenoxy) is 1. The van der Waals surface area contributed by atoms with Gasteiger partial charge in [-0.25, -0.2) is 4.98 Å². The molecule has 4 nitrogen and oxygen atoms in total. The van der Waals surface area contributed by atoms with Crippen molar-refractivity contribution in [2.45, 2.75) is 13.3 Å². The van der Waals surface area contributed by atoms with Gasteiger partial charge in [-0.2, -0.15) is 0 Å².